The van der Waals surface area contributed by atoms with Gasteiger partial charge in [-0.3, -0.25) is 0 Å². The van der Waals surface area contributed by atoms with E-state index >= 15 is 0 Å². The summed E-state index contributed by atoms with van der Waals surface area (Å²) in [7, 11) is 0. The smallest absolute Gasteiger partial charge is 0.219 e. The lowest BCUT2D eigenvalue weighted by molar-refractivity contribution is 0.459. The topological polar surface area (TPSA) is 48.1 Å². The van der Waals surface area contributed by atoms with Gasteiger partial charge in [0, 0.05) is 18.8 Å². The average molecular weight is 256 g/mol. The number of ether oxygens (including phenoxy) is 1. The first-order chi connectivity index (χ1) is 8.99. The van der Waals surface area contributed by atoms with Crippen molar-refractivity contribution in [3.05, 3.63) is 53.7 Å². The molecular weight excluding hydrogens is 236 g/mol. The van der Waals surface area contributed by atoms with Crippen LogP contribution in [-0.4, -0.2) is 4.98 Å². The van der Waals surface area contributed by atoms with Gasteiger partial charge in [-0.2, -0.15) is 0 Å². The molecule has 1 heterocycles. The van der Waals surface area contributed by atoms with Gasteiger partial charge in [-0.1, -0.05) is 39.0 Å². The molecule has 0 unspecified atom stereocenters. The maximum Gasteiger partial charge on any atom is 0.219 e. The first-order valence-electron chi connectivity index (χ1n) is 6.42. The summed E-state index contributed by atoms with van der Waals surface area (Å²) < 4.78 is 5.76. The molecule has 0 atom stereocenters. The Hall–Kier alpha value is -1.87. The van der Waals surface area contributed by atoms with Crippen molar-refractivity contribution in [2.45, 2.75) is 32.7 Å². The first kappa shape index (κ1) is 13.6. The third-order valence-electron chi connectivity index (χ3n) is 2.96. The van der Waals surface area contributed by atoms with E-state index in [-0.39, 0.29) is 5.41 Å². The highest BCUT2D eigenvalue weighted by molar-refractivity contribution is 5.35. The average Bonchev–Trinajstić information content (AvgIpc) is 2.39. The number of rotatable bonds is 3. The fourth-order valence-electron chi connectivity index (χ4n) is 1.74. The summed E-state index contributed by atoms with van der Waals surface area (Å²) in [6.45, 7) is 7.04. The third-order valence-corrected chi connectivity index (χ3v) is 2.96. The van der Waals surface area contributed by atoms with E-state index in [2.05, 4.69) is 37.9 Å². The number of nitrogens with two attached hydrogens (primary N) is 1. The van der Waals surface area contributed by atoms with Crippen LogP contribution in [0.5, 0.6) is 11.6 Å². The predicted molar refractivity (Wildman–Crippen MR) is 77.3 cm³/mol. The van der Waals surface area contributed by atoms with Crippen LogP contribution in [0.3, 0.4) is 0 Å². The molecule has 0 amide bonds. The van der Waals surface area contributed by atoms with E-state index in [0.29, 0.717) is 12.4 Å². The monoisotopic (exact) mass is 256 g/mol. The molecule has 0 bridgehead atoms. The maximum atomic E-state index is 5.76. The second kappa shape index (κ2) is 5.41. The van der Waals surface area contributed by atoms with Gasteiger partial charge in [-0.05, 0) is 28.7 Å². The molecule has 3 nitrogen and oxygen atoms in total. The van der Waals surface area contributed by atoms with Crippen LogP contribution in [0.25, 0.3) is 0 Å². The molecule has 1 aromatic heterocycles. The van der Waals surface area contributed by atoms with E-state index in [1.807, 2.05) is 24.3 Å². The molecule has 0 radical (unpaired) electrons. The van der Waals surface area contributed by atoms with Crippen molar-refractivity contribution in [1.29, 1.82) is 0 Å². The molecule has 0 aliphatic rings. The minimum absolute atomic E-state index is 0.107. The minimum Gasteiger partial charge on any atom is -0.439 e. The van der Waals surface area contributed by atoms with Crippen LogP contribution in [0.15, 0.2) is 42.6 Å². The van der Waals surface area contributed by atoms with Crippen LogP contribution >= 0.6 is 0 Å². The zero-order chi connectivity index (χ0) is 13.9. The zero-order valence-corrected chi connectivity index (χ0v) is 11.7. The molecule has 1 aromatic carbocycles. The highest BCUT2D eigenvalue weighted by atomic mass is 16.5. The molecular formula is C16H20N2O. The van der Waals surface area contributed by atoms with Crippen LogP contribution in [0, 0.1) is 0 Å². The Kier molecular flexibility index (Phi) is 3.86. The van der Waals surface area contributed by atoms with Gasteiger partial charge in [0.2, 0.25) is 5.88 Å². The summed E-state index contributed by atoms with van der Waals surface area (Å²) in [5.41, 5.74) is 7.88. The van der Waals surface area contributed by atoms with E-state index in [1.165, 1.54) is 5.56 Å². The van der Waals surface area contributed by atoms with Crippen LogP contribution < -0.4 is 10.5 Å². The number of nitrogens with zero attached hydrogens (tertiary/aromatic N) is 1. The lowest BCUT2D eigenvalue weighted by Crippen LogP contribution is -2.10. The molecule has 0 fully saturated rings. The van der Waals surface area contributed by atoms with Gasteiger partial charge >= 0.3 is 0 Å². The van der Waals surface area contributed by atoms with E-state index < -0.39 is 0 Å². The van der Waals surface area contributed by atoms with Crippen LogP contribution in [0.4, 0.5) is 0 Å². The number of aromatic nitrogens is 1. The van der Waals surface area contributed by atoms with Gasteiger partial charge < -0.3 is 10.5 Å². The molecule has 0 spiro atoms. The summed E-state index contributed by atoms with van der Waals surface area (Å²) in [6.07, 6.45) is 1.74. The molecule has 2 N–H and O–H groups in total. The Balaban J connectivity index is 2.18. The van der Waals surface area contributed by atoms with Gasteiger partial charge in [0.15, 0.2) is 0 Å². The summed E-state index contributed by atoms with van der Waals surface area (Å²) in [5.74, 6) is 1.39. The highest BCUT2D eigenvalue weighted by Gasteiger charge is 2.14. The summed E-state index contributed by atoms with van der Waals surface area (Å²) in [5, 5.41) is 0. The Morgan fingerprint density at radius 1 is 1.16 bits per heavy atom. The zero-order valence-electron chi connectivity index (χ0n) is 11.7. The second-order valence-corrected chi connectivity index (χ2v) is 5.59. The normalized spacial score (nSPS) is 11.4. The lowest BCUT2D eigenvalue weighted by atomic mass is 9.87. The fourth-order valence-corrected chi connectivity index (χ4v) is 1.74. The molecule has 2 rings (SSSR count). The highest BCUT2D eigenvalue weighted by Crippen LogP contribution is 2.27. The van der Waals surface area contributed by atoms with Crippen LogP contribution in [0.2, 0.25) is 0 Å². The third kappa shape index (κ3) is 3.55. The van der Waals surface area contributed by atoms with E-state index in [1.54, 1.807) is 6.20 Å². The second-order valence-electron chi connectivity index (χ2n) is 5.59. The van der Waals surface area contributed by atoms with Crippen molar-refractivity contribution < 1.29 is 4.74 Å². The number of pyridine rings is 1. The van der Waals surface area contributed by atoms with Crippen molar-refractivity contribution >= 4 is 0 Å². The molecule has 0 aliphatic heterocycles. The SMILES string of the molecule is CC(C)(C)c1cccc(Oc2ccc(CN)cn2)c1. The lowest BCUT2D eigenvalue weighted by Gasteiger charge is -2.19. The van der Waals surface area contributed by atoms with Gasteiger partial charge in [0.1, 0.15) is 5.75 Å². The Morgan fingerprint density at radius 2 is 1.95 bits per heavy atom. The Morgan fingerprint density at radius 3 is 2.53 bits per heavy atom. The molecule has 0 aliphatic carbocycles. The first-order valence-corrected chi connectivity index (χ1v) is 6.42. The van der Waals surface area contributed by atoms with Crippen LogP contribution in [0.1, 0.15) is 31.9 Å². The maximum absolute atomic E-state index is 5.76. The number of hydrogen-bond acceptors (Lipinski definition) is 3. The van der Waals surface area contributed by atoms with E-state index in [0.717, 1.165) is 11.3 Å². The van der Waals surface area contributed by atoms with Gasteiger partial charge in [0.05, 0.1) is 0 Å². The summed E-state index contributed by atoms with van der Waals surface area (Å²) in [6, 6.07) is 11.9. The van der Waals surface area contributed by atoms with Crippen molar-refractivity contribution in [3.8, 4) is 11.6 Å². The van der Waals surface area contributed by atoms with Gasteiger partial charge in [-0.25, -0.2) is 4.98 Å². The Bertz CT molecular complexity index is 541. The molecule has 100 valence electrons. The minimum atomic E-state index is 0.107. The van der Waals surface area contributed by atoms with Crippen molar-refractivity contribution in [2.75, 3.05) is 0 Å². The standard InChI is InChI=1S/C16H20N2O/c1-16(2,3)13-5-4-6-14(9-13)19-15-8-7-12(10-17)11-18-15/h4-9,11H,10,17H2,1-3H3. The largest absolute Gasteiger partial charge is 0.439 e. The van der Waals surface area contributed by atoms with Crippen molar-refractivity contribution in [1.82, 2.24) is 4.98 Å². The number of hydrogen-bond donors (Lipinski definition) is 1. The molecule has 19 heavy (non-hydrogen) atoms. The fraction of sp³-hybridized carbons (Fsp3) is 0.312. The van der Waals surface area contributed by atoms with Gasteiger partial charge in [0.25, 0.3) is 0 Å². The predicted octanol–water partition coefficient (Wildman–Crippen LogP) is 3.63. The van der Waals surface area contributed by atoms with Crippen LogP contribution in [-0.2, 0) is 12.0 Å². The molecule has 0 saturated carbocycles. The molecule has 3 heteroatoms. The van der Waals surface area contributed by atoms with Gasteiger partial charge in [-0.15, -0.1) is 0 Å². The Labute approximate surface area is 114 Å². The van der Waals surface area contributed by atoms with E-state index in [4.69, 9.17) is 10.5 Å². The summed E-state index contributed by atoms with van der Waals surface area (Å²) >= 11 is 0. The van der Waals surface area contributed by atoms with Crippen molar-refractivity contribution in [2.24, 2.45) is 5.73 Å². The van der Waals surface area contributed by atoms with E-state index in [9.17, 15) is 0 Å². The van der Waals surface area contributed by atoms with Crippen molar-refractivity contribution in [3.63, 3.8) is 0 Å². The summed E-state index contributed by atoms with van der Waals surface area (Å²) in [4.78, 5) is 4.23. The quantitative estimate of drug-likeness (QED) is 0.912. The molecule has 0 saturated heterocycles. The molecule has 2 aromatic rings. The number of benzene rings is 1.